The predicted molar refractivity (Wildman–Crippen MR) is 94.3 cm³/mol. The van der Waals surface area contributed by atoms with E-state index in [1.54, 1.807) is 18.2 Å². The molecular formula is C18H17F3N2O2S. The average molecular weight is 382 g/mol. The van der Waals surface area contributed by atoms with Crippen molar-refractivity contribution in [2.24, 2.45) is 0 Å². The Labute approximate surface area is 153 Å². The zero-order valence-electron chi connectivity index (χ0n) is 13.7. The van der Waals surface area contributed by atoms with Crippen LogP contribution in [0.5, 0.6) is 0 Å². The minimum Gasteiger partial charge on any atom is -0.354 e. The standard InChI is InChI=1S/C18H17F3N2O2S/c19-13-5-6-14(16(21)9-13)18(25)23-10-17(24)22-7-8-26-11-12-3-1-2-4-15(12)20/h1-6,9H,7-8,10-11H2,(H,22,24)(H,23,25). The number of amides is 2. The van der Waals surface area contributed by atoms with Crippen LogP contribution in [-0.4, -0.2) is 30.7 Å². The third-order valence-corrected chi connectivity index (χ3v) is 4.38. The maximum Gasteiger partial charge on any atom is 0.254 e. The van der Waals surface area contributed by atoms with Gasteiger partial charge in [0.05, 0.1) is 12.1 Å². The summed E-state index contributed by atoms with van der Waals surface area (Å²) in [6, 6.07) is 9.04. The van der Waals surface area contributed by atoms with Crippen LogP contribution in [-0.2, 0) is 10.5 Å². The van der Waals surface area contributed by atoms with Crippen LogP contribution in [0.1, 0.15) is 15.9 Å². The van der Waals surface area contributed by atoms with Crippen molar-refractivity contribution in [2.45, 2.75) is 5.75 Å². The number of hydrogen-bond donors (Lipinski definition) is 2. The number of thioether (sulfide) groups is 1. The van der Waals surface area contributed by atoms with Crippen LogP contribution in [0.4, 0.5) is 13.2 Å². The minimum absolute atomic E-state index is 0.264. The summed E-state index contributed by atoms with van der Waals surface area (Å²) in [5, 5.41) is 4.86. The van der Waals surface area contributed by atoms with Gasteiger partial charge in [-0.05, 0) is 23.8 Å². The van der Waals surface area contributed by atoms with Gasteiger partial charge in [-0.25, -0.2) is 13.2 Å². The topological polar surface area (TPSA) is 58.2 Å². The normalized spacial score (nSPS) is 10.4. The lowest BCUT2D eigenvalue weighted by Gasteiger charge is -2.08. The molecule has 2 amide bonds. The van der Waals surface area contributed by atoms with Crippen LogP contribution < -0.4 is 10.6 Å². The second-order valence-corrected chi connectivity index (χ2v) is 6.41. The summed E-state index contributed by atoms with van der Waals surface area (Å²) >= 11 is 1.46. The van der Waals surface area contributed by atoms with Crippen molar-refractivity contribution < 1.29 is 22.8 Å². The van der Waals surface area contributed by atoms with Gasteiger partial charge in [-0.15, -0.1) is 0 Å². The van der Waals surface area contributed by atoms with Crippen LogP contribution in [0.15, 0.2) is 42.5 Å². The van der Waals surface area contributed by atoms with Gasteiger partial charge >= 0.3 is 0 Å². The molecule has 8 heteroatoms. The number of hydrogen-bond acceptors (Lipinski definition) is 3. The summed E-state index contributed by atoms with van der Waals surface area (Å²) in [5.74, 6) is -2.22. The Morgan fingerprint density at radius 1 is 0.962 bits per heavy atom. The lowest BCUT2D eigenvalue weighted by atomic mass is 10.2. The first-order valence-corrected chi connectivity index (χ1v) is 8.94. The van der Waals surface area contributed by atoms with Crippen molar-refractivity contribution in [1.29, 1.82) is 0 Å². The summed E-state index contributed by atoms with van der Waals surface area (Å²) < 4.78 is 39.7. The molecule has 26 heavy (non-hydrogen) atoms. The van der Waals surface area contributed by atoms with Gasteiger partial charge in [0.25, 0.3) is 5.91 Å². The molecule has 0 aliphatic carbocycles. The molecule has 0 fully saturated rings. The van der Waals surface area contributed by atoms with Crippen molar-refractivity contribution in [3.8, 4) is 0 Å². The maximum absolute atomic E-state index is 13.5. The third-order valence-electron chi connectivity index (χ3n) is 3.37. The SMILES string of the molecule is O=C(CNC(=O)c1ccc(F)cc1F)NCCSCc1ccccc1F. The van der Waals surface area contributed by atoms with Gasteiger partial charge in [-0.3, -0.25) is 9.59 Å². The van der Waals surface area contributed by atoms with E-state index < -0.39 is 23.4 Å². The average Bonchev–Trinajstić information content (AvgIpc) is 2.61. The summed E-state index contributed by atoms with van der Waals surface area (Å²) in [6.45, 7) is 0.0202. The summed E-state index contributed by atoms with van der Waals surface area (Å²) in [4.78, 5) is 23.4. The monoisotopic (exact) mass is 382 g/mol. The smallest absolute Gasteiger partial charge is 0.254 e. The highest BCUT2D eigenvalue weighted by Gasteiger charge is 2.13. The zero-order valence-corrected chi connectivity index (χ0v) is 14.5. The van der Waals surface area contributed by atoms with E-state index in [9.17, 15) is 22.8 Å². The number of benzene rings is 2. The molecule has 0 aliphatic heterocycles. The quantitative estimate of drug-likeness (QED) is 0.691. The molecule has 0 bridgehead atoms. The highest BCUT2D eigenvalue weighted by molar-refractivity contribution is 7.98. The third kappa shape index (κ3) is 6.11. The van der Waals surface area contributed by atoms with Gasteiger partial charge < -0.3 is 10.6 Å². The van der Waals surface area contributed by atoms with Gasteiger partial charge in [0.1, 0.15) is 17.5 Å². The number of halogens is 3. The Bertz CT molecular complexity index is 787. The van der Waals surface area contributed by atoms with Crippen molar-refractivity contribution >= 4 is 23.6 Å². The number of nitrogens with one attached hydrogen (secondary N) is 2. The van der Waals surface area contributed by atoms with Crippen LogP contribution >= 0.6 is 11.8 Å². The van der Waals surface area contributed by atoms with E-state index in [4.69, 9.17) is 0 Å². The Balaban J connectivity index is 1.64. The van der Waals surface area contributed by atoms with E-state index in [2.05, 4.69) is 10.6 Å². The van der Waals surface area contributed by atoms with Crippen LogP contribution in [0.25, 0.3) is 0 Å². The molecule has 0 saturated carbocycles. The second kappa shape index (κ2) is 9.86. The molecule has 138 valence electrons. The summed E-state index contributed by atoms with van der Waals surface area (Å²) in [7, 11) is 0. The fourth-order valence-corrected chi connectivity index (χ4v) is 2.90. The molecule has 0 spiro atoms. The molecule has 2 rings (SSSR count). The maximum atomic E-state index is 13.5. The lowest BCUT2D eigenvalue weighted by Crippen LogP contribution is -2.38. The molecule has 0 unspecified atom stereocenters. The Morgan fingerprint density at radius 2 is 1.73 bits per heavy atom. The highest BCUT2D eigenvalue weighted by Crippen LogP contribution is 2.14. The summed E-state index contributed by atoms with van der Waals surface area (Å²) in [5.41, 5.74) is 0.261. The lowest BCUT2D eigenvalue weighted by molar-refractivity contribution is -0.120. The first-order valence-electron chi connectivity index (χ1n) is 7.78. The van der Waals surface area contributed by atoms with E-state index in [0.717, 1.165) is 12.1 Å². The molecule has 0 aliphatic rings. The Kier molecular flexibility index (Phi) is 7.53. The van der Waals surface area contributed by atoms with Crippen LogP contribution in [0.3, 0.4) is 0 Å². The van der Waals surface area contributed by atoms with E-state index in [1.807, 2.05) is 0 Å². The molecule has 4 nitrogen and oxygen atoms in total. The number of carbonyl (C=O) groups is 2. The van der Waals surface area contributed by atoms with Crippen molar-refractivity contribution in [2.75, 3.05) is 18.8 Å². The van der Waals surface area contributed by atoms with E-state index in [-0.39, 0.29) is 17.9 Å². The molecule has 0 heterocycles. The molecule has 0 saturated heterocycles. The molecule has 2 N–H and O–H groups in total. The van der Waals surface area contributed by atoms with Crippen molar-refractivity contribution in [1.82, 2.24) is 10.6 Å². The van der Waals surface area contributed by atoms with Gasteiger partial charge in [0, 0.05) is 24.1 Å². The fourth-order valence-electron chi connectivity index (χ4n) is 2.05. The van der Waals surface area contributed by atoms with Gasteiger partial charge in [0.2, 0.25) is 5.91 Å². The van der Waals surface area contributed by atoms with E-state index >= 15 is 0 Å². The predicted octanol–water partition coefficient (Wildman–Crippen LogP) is 2.88. The van der Waals surface area contributed by atoms with Gasteiger partial charge in [-0.2, -0.15) is 11.8 Å². The summed E-state index contributed by atoms with van der Waals surface area (Å²) in [6.07, 6.45) is 0. The van der Waals surface area contributed by atoms with Gasteiger partial charge in [0.15, 0.2) is 0 Å². The molecule has 0 atom stereocenters. The zero-order chi connectivity index (χ0) is 18.9. The largest absolute Gasteiger partial charge is 0.354 e. The van der Waals surface area contributed by atoms with E-state index in [1.165, 1.54) is 17.8 Å². The van der Waals surface area contributed by atoms with Gasteiger partial charge in [-0.1, -0.05) is 18.2 Å². The first-order chi connectivity index (χ1) is 12.5. The highest BCUT2D eigenvalue weighted by atomic mass is 32.2. The molecule has 0 aromatic heterocycles. The van der Waals surface area contributed by atoms with Crippen LogP contribution in [0, 0.1) is 17.5 Å². The minimum atomic E-state index is -0.993. The number of rotatable bonds is 8. The molecule has 0 radical (unpaired) electrons. The van der Waals surface area contributed by atoms with E-state index in [0.29, 0.717) is 29.7 Å². The molecular weight excluding hydrogens is 365 g/mol. The van der Waals surface area contributed by atoms with Crippen LogP contribution in [0.2, 0.25) is 0 Å². The number of carbonyl (C=O) groups excluding carboxylic acids is 2. The molecule has 2 aromatic carbocycles. The molecule has 2 aromatic rings. The first kappa shape index (κ1) is 19.8. The van der Waals surface area contributed by atoms with Crippen molar-refractivity contribution in [3.05, 3.63) is 71.0 Å². The second-order valence-electron chi connectivity index (χ2n) is 5.30. The Morgan fingerprint density at radius 3 is 2.46 bits per heavy atom. The Hall–Kier alpha value is -2.48. The van der Waals surface area contributed by atoms with Crippen molar-refractivity contribution in [3.63, 3.8) is 0 Å². The fraction of sp³-hybridized carbons (Fsp3) is 0.222.